The molecule has 2 heterocycles. The Morgan fingerprint density at radius 1 is 1.60 bits per heavy atom. The van der Waals surface area contributed by atoms with Crippen molar-refractivity contribution in [1.29, 1.82) is 0 Å². The van der Waals surface area contributed by atoms with E-state index in [1.54, 1.807) is 6.21 Å². The Balaban J connectivity index is 2.53. The molecule has 0 fully saturated rings. The van der Waals surface area contributed by atoms with Crippen LogP contribution in [-0.2, 0) is 6.54 Å². The molecule has 0 aliphatic carbocycles. The van der Waals surface area contributed by atoms with Gasteiger partial charge in [-0.3, -0.25) is 9.67 Å². The van der Waals surface area contributed by atoms with Crippen LogP contribution in [0.15, 0.2) is 11.1 Å². The van der Waals surface area contributed by atoms with Gasteiger partial charge in [0, 0.05) is 12.3 Å². The fourth-order valence-electron chi connectivity index (χ4n) is 1.05. The van der Waals surface area contributed by atoms with Crippen LogP contribution < -0.4 is 5.73 Å². The summed E-state index contributed by atoms with van der Waals surface area (Å²) < 4.78 is 1.86. The minimum Gasteiger partial charge on any atom is -0.382 e. The predicted molar refractivity (Wildman–Crippen MR) is 39.1 cm³/mol. The number of anilines is 1. The monoisotopic (exact) mass is 136 g/mol. The number of nitrogens with zero attached hydrogens (tertiary/aromatic N) is 3. The van der Waals surface area contributed by atoms with Crippen molar-refractivity contribution in [3.8, 4) is 0 Å². The molecule has 4 heteroatoms. The molecule has 2 rings (SSSR count). The van der Waals surface area contributed by atoms with Crippen molar-refractivity contribution < 1.29 is 0 Å². The lowest BCUT2D eigenvalue weighted by molar-refractivity contribution is 0.613. The topological polar surface area (TPSA) is 56.2 Å². The third-order valence-electron chi connectivity index (χ3n) is 1.49. The first-order valence-corrected chi connectivity index (χ1v) is 3.19. The van der Waals surface area contributed by atoms with E-state index in [1.807, 2.05) is 10.7 Å². The molecule has 0 saturated heterocycles. The van der Waals surface area contributed by atoms with Gasteiger partial charge in [-0.2, -0.15) is 5.10 Å². The summed E-state index contributed by atoms with van der Waals surface area (Å²) in [6, 6.07) is 1.82. The van der Waals surface area contributed by atoms with Gasteiger partial charge in [-0.15, -0.1) is 0 Å². The summed E-state index contributed by atoms with van der Waals surface area (Å²) in [5.41, 5.74) is 6.47. The van der Waals surface area contributed by atoms with Crippen LogP contribution in [-0.4, -0.2) is 22.5 Å². The minimum absolute atomic E-state index is 0.573. The molecule has 0 amide bonds. The Morgan fingerprint density at radius 3 is 3.30 bits per heavy atom. The number of hydrogen-bond donors (Lipinski definition) is 1. The molecule has 0 radical (unpaired) electrons. The summed E-state index contributed by atoms with van der Waals surface area (Å²) in [4.78, 5) is 4.09. The molecule has 2 N–H and O–H groups in total. The van der Waals surface area contributed by atoms with E-state index in [9.17, 15) is 0 Å². The van der Waals surface area contributed by atoms with Crippen LogP contribution in [0, 0.1) is 0 Å². The maximum Gasteiger partial charge on any atom is 0.146 e. The molecule has 0 saturated carbocycles. The van der Waals surface area contributed by atoms with Gasteiger partial charge >= 0.3 is 0 Å². The third-order valence-corrected chi connectivity index (χ3v) is 1.49. The van der Waals surface area contributed by atoms with E-state index in [0.29, 0.717) is 5.82 Å². The molecule has 4 nitrogen and oxygen atoms in total. The van der Waals surface area contributed by atoms with E-state index in [1.165, 1.54) is 0 Å². The second kappa shape index (κ2) is 1.83. The van der Waals surface area contributed by atoms with E-state index in [-0.39, 0.29) is 0 Å². The molecule has 1 aliphatic rings. The maximum atomic E-state index is 5.46. The average Bonchev–Trinajstić information content (AvgIpc) is 2.27. The number of nitrogen functional groups attached to an aromatic ring is 1. The molecule has 0 aromatic carbocycles. The van der Waals surface area contributed by atoms with Gasteiger partial charge in [0.2, 0.25) is 0 Å². The Hall–Kier alpha value is -1.32. The summed E-state index contributed by atoms with van der Waals surface area (Å²) in [6.45, 7) is 1.66. The number of aliphatic imine (C=N–C) groups is 1. The van der Waals surface area contributed by atoms with Crippen LogP contribution in [0.4, 0.5) is 5.82 Å². The molecule has 52 valence electrons. The Kier molecular flexibility index (Phi) is 1.00. The number of hydrogen-bond acceptors (Lipinski definition) is 3. The summed E-state index contributed by atoms with van der Waals surface area (Å²) >= 11 is 0. The van der Waals surface area contributed by atoms with Crippen molar-refractivity contribution >= 4 is 12.0 Å². The van der Waals surface area contributed by atoms with Crippen LogP contribution in [0.3, 0.4) is 0 Å². The van der Waals surface area contributed by atoms with Crippen molar-refractivity contribution in [2.45, 2.75) is 6.54 Å². The van der Waals surface area contributed by atoms with Gasteiger partial charge in [0.1, 0.15) is 5.82 Å². The summed E-state index contributed by atoms with van der Waals surface area (Å²) in [5, 5.41) is 4.05. The second-order valence-electron chi connectivity index (χ2n) is 2.25. The van der Waals surface area contributed by atoms with Gasteiger partial charge in [-0.25, -0.2) is 0 Å². The van der Waals surface area contributed by atoms with Crippen molar-refractivity contribution in [2.24, 2.45) is 4.99 Å². The maximum absolute atomic E-state index is 5.46. The quantitative estimate of drug-likeness (QED) is 0.541. The van der Waals surface area contributed by atoms with Gasteiger partial charge in [0.15, 0.2) is 0 Å². The van der Waals surface area contributed by atoms with Crippen molar-refractivity contribution in [3.05, 3.63) is 11.8 Å². The summed E-state index contributed by atoms with van der Waals surface area (Å²) in [7, 11) is 0. The second-order valence-corrected chi connectivity index (χ2v) is 2.25. The molecular formula is C6H8N4. The SMILES string of the molecule is Nc1cc2n(n1)CCN=C2. The standard InChI is InChI=1S/C6H8N4/c7-6-3-5-4-8-1-2-10(5)9-6/h3-4H,1-2H2,(H2,7,9). The highest BCUT2D eigenvalue weighted by Crippen LogP contribution is 2.05. The predicted octanol–water partition coefficient (Wildman–Crippen LogP) is -0.102. The van der Waals surface area contributed by atoms with E-state index >= 15 is 0 Å². The third kappa shape index (κ3) is 0.689. The average molecular weight is 136 g/mol. The first kappa shape index (κ1) is 5.46. The lowest BCUT2D eigenvalue weighted by Gasteiger charge is -2.04. The number of fused-ring (bicyclic) bond motifs is 1. The highest BCUT2D eigenvalue weighted by atomic mass is 15.3. The highest BCUT2D eigenvalue weighted by molar-refractivity contribution is 5.79. The van der Waals surface area contributed by atoms with Gasteiger partial charge < -0.3 is 5.73 Å². The molecule has 1 aliphatic heterocycles. The first-order valence-electron chi connectivity index (χ1n) is 3.19. The van der Waals surface area contributed by atoms with Crippen molar-refractivity contribution in [3.63, 3.8) is 0 Å². The Bertz CT molecular complexity index is 273. The number of aromatic nitrogens is 2. The molecule has 0 spiro atoms. The van der Waals surface area contributed by atoms with Crippen LogP contribution in [0.2, 0.25) is 0 Å². The van der Waals surface area contributed by atoms with Gasteiger partial charge in [0.05, 0.1) is 18.8 Å². The smallest absolute Gasteiger partial charge is 0.146 e. The van der Waals surface area contributed by atoms with E-state index in [4.69, 9.17) is 5.73 Å². The number of nitrogens with two attached hydrogens (primary N) is 1. The van der Waals surface area contributed by atoms with Crippen LogP contribution >= 0.6 is 0 Å². The zero-order valence-electron chi connectivity index (χ0n) is 5.49. The normalized spacial score (nSPS) is 15.2. The van der Waals surface area contributed by atoms with Gasteiger partial charge in [-0.1, -0.05) is 0 Å². The molecule has 10 heavy (non-hydrogen) atoms. The van der Waals surface area contributed by atoms with E-state index in [2.05, 4.69) is 10.1 Å². The molecule has 0 atom stereocenters. The molecule has 1 aromatic rings. The van der Waals surface area contributed by atoms with E-state index in [0.717, 1.165) is 18.8 Å². The van der Waals surface area contributed by atoms with E-state index < -0.39 is 0 Å². The van der Waals surface area contributed by atoms with Crippen LogP contribution in [0.1, 0.15) is 5.69 Å². The Morgan fingerprint density at radius 2 is 2.50 bits per heavy atom. The van der Waals surface area contributed by atoms with Crippen LogP contribution in [0.5, 0.6) is 0 Å². The zero-order valence-corrected chi connectivity index (χ0v) is 5.49. The lowest BCUT2D eigenvalue weighted by atomic mass is 10.4. The number of rotatable bonds is 0. The van der Waals surface area contributed by atoms with Gasteiger partial charge in [-0.05, 0) is 0 Å². The summed E-state index contributed by atoms with van der Waals surface area (Å²) in [5.74, 6) is 0.573. The Labute approximate surface area is 58.4 Å². The lowest BCUT2D eigenvalue weighted by Crippen LogP contribution is -2.11. The fraction of sp³-hybridized carbons (Fsp3) is 0.333. The van der Waals surface area contributed by atoms with Crippen molar-refractivity contribution in [2.75, 3.05) is 12.3 Å². The fourth-order valence-corrected chi connectivity index (χ4v) is 1.05. The zero-order chi connectivity index (χ0) is 6.97. The van der Waals surface area contributed by atoms with Gasteiger partial charge in [0.25, 0.3) is 0 Å². The molecule has 0 unspecified atom stereocenters. The first-order chi connectivity index (χ1) is 4.86. The summed E-state index contributed by atoms with van der Waals surface area (Å²) in [6.07, 6.45) is 1.80. The highest BCUT2D eigenvalue weighted by Gasteiger charge is 2.05. The largest absolute Gasteiger partial charge is 0.382 e. The molecule has 1 aromatic heterocycles. The minimum atomic E-state index is 0.573. The van der Waals surface area contributed by atoms with Crippen molar-refractivity contribution in [1.82, 2.24) is 9.78 Å². The molecular weight excluding hydrogens is 128 g/mol. The molecule has 0 bridgehead atoms. The van der Waals surface area contributed by atoms with Crippen LogP contribution in [0.25, 0.3) is 0 Å².